The molecule has 15 N–H and O–H groups in total. The summed E-state index contributed by atoms with van der Waals surface area (Å²) in [6.45, 7) is 14.6. The second kappa shape index (κ2) is 23.5. The van der Waals surface area contributed by atoms with E-state index in [9.17, 15) is 76.6 Å². The molecule has 23 nitrogen and oxygen atoms in total. The molecule has 23 heteroatoms. The van der Waals surface area contributed by atoms with Crippen LogP contribution in [0.15, 0.2) is 11.6 Å². The minimum Gasteiger partial charge on any atom is -0.394 e. The van der Waals surface area contributed by atoms with Gasteiger partial charge in [0.15, 0.2) is 25.2 Å². The summed E-state index contributed by atoms with van der Waals surface area (Å²) in [6, 6.07) is 0. The van der Waals surface area contributed by atoms with Gasteiger partial charge in [-0.2, -0.15) is 0 Å². The molecular formula is C54H92O23. The zero-order valence-corrected chi connectivity index (χ0v) is 45.8. The molecule has 0 aromatic rings. The smallest absolute Gasteiger partial charge is 0.187 e. The molecule has 77 heavy (non-hydrogen) atoms. The van der Waals surface area contributed by atoms with E-state index in [1.165, 1.54) is 0 Å². The highest BCUT2D eigenvalue weighted by atomic mass is 16.8. The van der Waals surface area contributed by atoms with Crippen molar-refractivity contribution < 1.29 is 114 Å². The maximum atomic E-state index is 12.8. The number of fused-ring (bicyclic) bond motifs is 5. The summed E-state index contributed by atoms with van der Waals surface area (Å²) < 4.78 is 48.9. The van der Waals surface area contributed by atoms with Crippen molar-refractivity contribution in [3.8, 4) is 0 Å². The van der Waals surface area contributed by atoms with E-state index < -0.39 is 178 Å². The molecule has 8 aliphatic rings. The van der Waals surface area contributed by atoms with Crippen LogP contribution in [0.25, 0.3) is 0 Å². The Bertz CT molecular complexity index is 1990. The van der Waals surface area contributed by atoms with Gasteiger partial charge in [-0.1, -0.05) is 46.3 Å². The number of allylic oxidation sites excluding steroid dienone is 2. The topological polar surface area (TPSA) is 377 Å². The first-order valence-electron chi connectivity index (χ1n) is 27.9. The summed E-state index contributed by atoms with van der Waals surface area (Å²) in [6.07, 6.45) is -25.2. The van der Waals surface area contributed by atoms with Crippen LogP contribution in [0.1, 0.15) is 113 Å². The zero-order valence-electron chi connectivity index (χ0n) is 45.8. The zero-order chi connectivity index (χ0) is 56.6. The lowest BCUT2D eigenvalue weighted by molar-refractivity contribution is -0.378. The quantitative estimate of drug-likeness (QED) is 0.0576. The van der Waals surface area contributed by atoms with Crippen LogP contribution in [0.2, 0.25) is 0 Å². The molecule has 30 atom stereocenters. The van der Waals surface area contributed by atoms with Crippen LogP contribution in [-0.2, 0) is 37.9 Å². The Kier molecular flexibility index (Phi) is 18.9. The predicted octanol–water partition coefficient (Wildman–Crippen LogP) is -2.20. The molecule has 8 rings (SSSR count). The summed E-state index contributed by atoms with van der Waals surface area (Å²) in [5.74, 6) is -0.475. The molecule has 446 valence electrons. The van der Waals surface area contributed by atoms with Gasteiger partial charge in [-0.3, -0.25) is 0 Å². The van der Waals surface area contributed by atoms with Crippen molar-refractivity contribution in [1.29, 1.82) is 0 Å². The molecule has 8 fully saturated rings. The maximum absolute atomic E-state index is 12.8. The molecule has 4 aliphatic carbocycles. The second-order valence-corrected chi connectivity index (χ2v) is 25.7. The third-order valence-corrected chi connectivity index (χ3v) is 20.9. The van der Waals surface area contributed by atoms with Gasteiger partial charge in [0.05, 0.1) is 44.2 Å². The standard InChI is InChI=1S/C54H92O23/c1-23(2)10-9-14-54(8,77-48-44(69)40(65)37(62)29(74-48)22-70-46-42(67)38(63)34(59)26(19-55)71-46)24-11-16-53(7)33(24)25(58)18-31-51(5)15-13-32(50(3,4)30(51)12-17-52(31,53)6)75-49-45(41(66)36(61)28(21-57)73-49)76-47-43(68)39(64)35(60)27(20-56)72-47/h10,24-49,55-69H,9,11-22H2,1-8H3/t24-,25+,26?,27?,28?,29?,30-,31+,32-,33-,34?,35?,36?,37?,38-,39-,40-,41-,42?,43?,44?,45?,46?,47?,48?,49?,51-,52+,53+,54-/m0/s1. The number of hydrogen-bond donors (Lipinski definition) is 15. The third kappa shape index (κ3) is 10.9. The average Bonchev–Trinajstić information content (AvgIpc) is 3.96. The van der Waals surface area contributed by atoms with Crippen LogP contribution in [-0.4, -0.2) is 244 Å². The van der Waals surface area contributed by atoms with Gasteiger partial charge in [-0.05, 0) is 124 Å². The monoisotopic (exact) mass is 1110 g/mol. The molecule has 0 spiro atoms. The predicted molar refractivity (Wildman–Crippen MR) is 266 cm³/mol. The van der Waals surface area contributed by atoms with Gasteiger partial charge in [0.1, 0.15) is 97.7 Å². The first-order chi connectivity index (χ1) is 36.0. The van der Waals surface area contributed by atoms with E-state index in [2.05, 4.69) is 40.7 Å². The van der Waals surface area contributed by atoms with E-state index in [4.69, 9.17) is 37.9 Å². The van der Waals surface area contributed by atoms with Crippen LogP contribution in [0.3, 0.4) is 0 Å². The molecule has 0 bridgehead atoms. The lowest BCUT2D eigenvalue weighted by Gasteiger charge is -2.71. The Labute approximate surface area is 450 Å². The van der Waals surface area contributed by atoms with Crippen LogP contribution in [0.4, 0.5) is 0 Å². The van der Waals surface area contributed by atoms with Gasteiger partial charge in [0.2, 0.25) is 0 Å². The Balaban J connectivity index is 1.01. The summed E-state index contributed by atoms with van der Waals surface area (Å²) in [5, 5.41) is 162. The lowest BCUT2D eigenvalue weighted by atomic mass is 9.35. The molecular weight excluding hydrogens is 1020 g/mol. The Morgan fingerprint density at radius 3 is 1.64 bits per heavy atom. The first-order valence-corrected chi connectivity index (χ1v) is 27.9. The fourth-order valence-electron chi connectivity index (χ4n) is 16.3. The van der Waals surface area contributed by atoms with E-state index in [1.807, 2.05) is 20.8 Å². The first kappa shape index (κ1) is 61.9. The minimum absolute atomic E-state index is 0.0374. The Morgan fingerprint density at radius 1 is 0.545 bits per heavy atom. The number of rotatable bonds is 16. The van der Waals surface area contributed by atoms with Gasteiger partial charge in [0, 0.05) is 0 Å². The average molecular weight is 1110 g/mol. The normalized spacial score (nSPS) is 52.7. The van der Waals surface area contributed by atoms with Gasteiger partial charge in [-0.15, -0.1) is 0 Å². The molecule has 0 aromatic carbocycles. The Morgan fingerprint density at radius 2 is 1.05 bits per heavy atom. The fourth-order valence-corrected chi connectivity index (χ4v) is 16.3. The van der Waals surface area contributed by atoms with Gasteiger partial charge >= 0.3 is 0 Å². The van der Waals surface area contributed by atoms with E-state index >= 15 is 0 Å². The molecule has 4 saturated carbocycles. The molecule has 4 aliphatic heterocycles. The second-order valence-electron chi connectivity index (χ2n) is 25.7. The molecule has 16 unspecified atom stereocenters. The SMILES string of the molecule is CC(C)=CCC[C@](C)(OC1OC(COC2OC(CO)C(O)[C@H](O)C2O)C(O)[C@H](O)C1O)[C@H]1CC[C@]2(C)[C@@H]1[C@H](O)C[C@@H]1[C@@]3(C)CC[C@H](OC4OC(CO)C(O)[C@H](O)C4OC4OC(CO)C(O)[C@H](O)C4O)C(C)(C)[C@@H]3CC[C@]12C. The van der Waals surface area contributed by atoms with Crippen LogP contribution in [0, 0.1) is 45.3 Å². The highest BCUT2D eigenvalue weighted by Crippen LogP contribution is 2.76. The van der Waals surface area contributed by atoms with E-state index in [0.717, 1.165) is 24.8 Å². The van der Waals surface area contributed by atoms with Crippen molar-refractivity contribution in [1.82, 2.24) is 0 Å². The van der Waals surface area contributed by atoms with Crippen molar-refractivity contribution in [3.63, 3.8) is 0 Å². The van der Waals surface area contributed by atoms with Crippen LogP contribution in [0.5, 0.6) is 0 Å². The molecule has 0 radical (unpaired) electrons. The van der Waals surface area contributed by atoms with E-state index in [1.54, 1.807) is 0 Å². The molecule has 4 saturated heterocycles. The minimum atomic E-state index is -1.82. The van der Waals surface area contributed by atoms with Crippen LogP contribution >= 0.6 is 0 Å². The Hall–Kier alpha value is -1.18. The summed E-state index contributed by atoms with van der Waals surface area (Å²) >= 11 is 0. The summed E-state index contributed by atoms with van der Waals surface area (Å²) in [7, 11) is 0. The molecule has 0 amide bonds. The summed E-state index contributed by atoms with van der Waals surface area (Å²) in [4.78, 5) is 0. The van der Waals surface area contributed by atoms with Crippen molar-refractivity contribution in [2.75, 3.05) is 26.4 Å². The van der Waals surface area contributed by atoms with Crippen molar-refractivity contribution in [2.24, 2.45) is 45.3 Å². The van der Waals surface area contributed by atoms with E-state index in [-0.39, 0.29) is 34.5 Å². The highest BCUT2D eigenvalue weighted by Gasteiger charge is 2.72. The van der Waals surface area contributed by atoms with Gasteiger partial charge < -0.3 is 114 Å². The van der Waals surface area contributed by atoms with Crippen molar-refractivity contribution in [2.45, 2.75) is 254 Å². The number of aliphatic hydroxyl groups is 15. The summed E-state index contributed by atoms with van der Waals surface area (Å²) in [5.41, 5.74) is -1.59. The largest absolute Gasteiger partial charge is 0.394 e. The number of aliphatic hydroxyl groups excluding tert-OH is 15. The van der Waals surface area contributed by atoms with Gasteiger partial charge in [0.25, 0.3) is 0 Å². The fraction of sp³-hybridized carbons (Fsp3) is 0.963. The van der Waals surface area contributed by atoms with Crippen LogP contribution < -0.4 is 0 Å². The highest BCUT2D eigenvalue weighted by molar-refractivity contribution is 5.20. The third-order valence-electron chi connectivity index (χ3n) is 20.9. The van der Waals surface area contributed by atoms with E-state index in [0.29, 0.717) is 38.5 Å². The molecule has 0 aromatic heterocycles. The maximum Gasteiger partial charge on any atom is 0.187 e. The van der Waals surface area contributed by atoms with Crippen molar-refractivity contribution in [3.05, 3.63) is 11.6 Å². The number of hydrogen-bond acceptors (Lipinski definition) is 23. The number of ether oxygens (including phenoxy) is 8. The molecule has 4 heterocycles. The van der Waals surface area contributed by atoms with Crippen molar-refractivity contribution >= 4 is 0 Å². The van der Waals surface area contributed by atoms with Gasteiger partial charge in [-0.25, -0.2) is 0 Å². The lowest BCUT2D eigenvalue weighted by Crippen LogP contribution is -2.68.